The van der Waals surface area contributed by atoms with E-state index in [-0.39, 0.29) is 11.9 Å². The van der Waals surface area contributed by atoms with Crippen LogP contribution in [-0.4, -0.2) is 50.1 Å². The molecule has 1 fully saturated rings. The molecule has 0 unspecified atom stereocenters. The number of methoxy groups -OCH3 is 1. The van der Waals surface area contributed by atoms with E-state index in [1.165, 1.54) is 7.11 Å². The van der Waals surface area contributed by atoms with Gasteiger partial charge in [0.1, 0.15) is 0 Å². The number of piperazine rings is 1. The second kappa shape index (κ2) is 5.73. The van der Waals surface area contributed by atoms with Gasteiger partial charge in [0.05, 0.1) is 19.2 Å². The van der Waals surface area contributed by atoms with Crippen LogP contribution in [0.5, 0.6) is 0 Å². The number of rotatable bonds is 3. The number of likely N-dealkylation sites (N-methyl/N-ethyl adjacent to an activating group) is 1. The summed E-state index contributed by atoms with van der Waals surface area (Å²) in [6.45, 7) is 4.58. The fourth-order valence-electron chi connectivity index (χ4n) is 2.21. The minimum Gasteiger partial charge on any atom is -0.465 e. The maximum absolute atomic E-state index is 11.9. The van der Waals surface area contributed by atoms with Crippen molar-refractivity contribution < 1.29 is 14.3 Å². The molecule has 1 aromatic rings. The van der Waals surface area contributed by atoms with Crippen LogP contribution in [-0.2, 0) is 9.53 Å². The highest BCUT2D eigenvalue weighted by Crippen LogP contribution is 2.19. The Kier molecular flexibility index (Phi) is 4.04. The second-order valence-corrected chi connectivity index (χ2v) is 4.44. The molecule has 0 atom stereocenters. The van der Waals surface area contributed by atoms with Crippen LogP contribution in [0.15, 0.2) is 24.3 Å². The number of carbonyl (C=O) groups excluding carboxylic acids is 2. The smallest absolute Gasteiger partial charge is 0.337 e. The molecule has 0 radical (unpaired) electrons. The lowest BCUT2D eigenvalue weighted by Gasteiger charge is -2.35. The minimum atomic E-state index is -0.361. The van der Waals surface area contributed by atoms with Crippen LogP contribution < -0.4 is 4.90 Å². The third kappa shape index (κ3) is 2.86. The fourth-order valence-corrected chi connectivity index (χ4v) is 2.21. The summed E-state index contributed by atoms with van der Waals surface area (Å²) in [5.74, 6) is -0.238. The van der Waals surface area contributed by atoms with Gasteiger partial charge in [0.2, 0.25) is 5.91 Å². The standard InChI is InChI=1S/C14H18N2O3/c1-3-15-7-8-16(10-13(15)17)12-6-4-5-11(9-12)14(18)19-2/h4-6,9H,3,7-8,10H2,1-2H3. The number of amides is 1. The Morgan fingerprint density at radius 3 is 2.79 bits per heavy atom. The van der Waals surface area contributed by atoms with E-state index < -0.39 is 0 Å². The van der Waals surface area contributed by atoms with Crippen molar-refractivity contribution >= 4 is 17.6 Å². The summed E-state index contributed by atoms with van der Waals surface area (Å²) in [5.41, 5.74) is 1.39. The Morgan fingerprint density at radius 2 is 2.16 bits per heavy atom. The molecule has 102 valence electrons. The Balaban J connectivity index is 2.15. The van der Waals surface area contributed by atoms with Crippen molar-refractivity contribution in [3.63, 3.8) is 0 Å². The Labute approximate surface area is 112 Å². The number of esters is 1. The van der Waals surface area contributed by atoms with Gasteiger partial charge in [-0.05, 0) is 25.1 Å². The molecule has 0 aliphatic carbocycles. The Bertz CT molecular complexity index is 487. The predicted molar refractivity (Wildman–Crippen MR) is 72.2 cm³/mol. The summed E-state index contributed by atoms with van der Waals surface area (Å²) in [6, 6.07) is 7.18. The number of ether oxygens (including phenoxy) is 1. The van der Waals surface area contributed by atoms with E-state index >= 15 is 0 Å². The van der Waals surface area contributed by atoms with Gasteiger partial charge in [-0.15, -0.1) is 0 Å². The fraction of sp³-hybridized carbons (Fsp3) is 0.429. The van der Waals surface area contributed by atoms with Crippen LogP contribution in [0.3, 0.4) is 0 Å². The first kappa shape index (κ1) is 13.4. The zero-order valence-corrected chi connectivity index (χ0v) is 11.3. The van der Waals surface area contributed by atoms with E-state index in [2.05, 4.69) is 0 Å². The molecule has 0 saturated carbocycles. The van der Waals surface area contributed by atoms with Gasteiger partial charge in [-0.3, -0.25) is 4.79 Å². The molecular formula is C14H18N2O3. The Morgan fingerprint density at radius 1 is 1.37 bits per heavy atom. The molecular weight excluding hydrogens is 244 g/mol. The monoisotopic (exact) mass is 262 g/mol. The molecule has 0 bridgehead atoms. The SMILES string of the molecule is CCN1CCN(c2cccc(C(=O)OC)c2)CC1=O. The molecule has 1 amide bonds. The van der Waals surface area contributed by atoms with Gasteiger partial charge >= 0.3 is 5.97 Å². The van der Waals surface area contributed by atoms with Crippen LogP contribution in [0.2, 0.25) is 0 Å². The van der Waals surface area contributed by atoms with E-state index in [1.807, 2.05) is 22.8 Å². The maximum Gasteiger partial charge on any atom is 0.337 e. The molecule has 5 heteroatoms. The number of nitrogens with zero attached hydrogens (tertiary/aromatic N) is 2. The number of hydrogen-bond donors (Lipinski definition) is 0. The molecule has 1 aliphatic rings. The van der Waals surface area contributed by atoms with Crippen molar-refractivity contribution in [3.8, 4) is 0 Å². The molecule has 1 aliphatic heterocycles. The summed E-state index contributed by atoms with van der Waals surface area (Å²) in [7, 11) is 1.36. The molecule has 19 heavy (non-hydrogen) atoms. The first-order chi connectivity index (χ1) is 9.15. The van der Waals surface area contributed by atoms with Gasteiger partial charge in [0, 0.05) is 25.3 Å². The van der Waals surface area contributed by atoms with E-state index in [9.17, 15) is 9.59 Å². The van der Waals surface area contributed by atoms with Crippen LogP contribution in [0.4, 0.5) is 5.69 Å². The molecule has 1 saturated heterocycles. The lowest BCUT2D eigenvalue weighted by Crippen LogP contribution is -2.50. The summed E-state index contributed by atoms with van der Waals surface area (Å²) in [4.78, 5) is 27.2. The molecule has 1 heterocycles. The highest BCUT2D eigenvalue weighted by atomic mass is 16.5. The largest absolute Gasteiger partial charge is 0.465 e. The quantitative estimate of drug-likeness (QED) is 0.767. The maximum atomic E-state index is 11.9. The van der Waals surface area contributed by atoms with Crippen molar-refractivity contribution in [1.29, 1.82) is 0 Å². The lowest BCUT2D eigenvalue weighted by atomic mass is 10.1. The number of hydrogen-bond acceptors (Lipinski definition) is 4. The molecule has 0 spiro atoms. The normalized spacial score (nSPS) is 15.6. The average molecular weight is 262 g/mol. The summed E-state index contributed by atoms with van der Waals surface area (Å²) >= 11 is 0. The van der Waals surface area contributed by atoms with Crippen molar-refractivity contribution in [2.75, 3.05) is 38.2 Å². The highest BCUT2D eigenvalue weighted by molar-refractivity contribution is 5.91. The van der Waals surface area contributed by atoms with E-state index in [0.29, 0.717) is 12.1 Å². The zero-order chi connectivity index (χ0) is 13.8. The highest BCUT2D eigenvalue weighted by Gasteiger charge is 2.23. The van der Waals surface area contributed by atoms with Crippen LogP contribution >= 0.6 is 0 Å². The van der Waals surface area contributed by atoms with Crippen molar-refractivity contribution in [1.82, 2.24) is 4.90 Å². The van der Waals surface area contributed by atoms with Crippen molar-refractivity contribution in [3.05, 3.63) is 29.8 Å². The Hall–Kier alpha value is -2.04. The first-order valence-electron chi connectivity index (χ1n) is 6.36. The topological polar surface area (TPSA) is 49.9 Å². The number of benzene rings is 1. The molecule has 0 aromatic heterocycles. The second-order valence-electron chi connectivity index (χ2n) is 4.44. The van der Waals surface area contributed by atoms with Gasteiger partial charge < -0.3 is 14.5 Å². The average Bonchev–Trinajstić information content (AvgIpc) is 2.46. The zero-order valence-electron chi connectivity index (χ0n) is 11.3. The molecule has 5 nitrogen and oxygen atoms in total. The van der Waals surface area contributed by atoms with Gasteiger partial charge in [-0.2, -0.15) is 0 Å². The van der Waals surface area contributed by atoms with Crippen LogP contribution in [0, 0.1) is 0 Å². The summed E-state index contributed by atoms with van der Waals surface area (Å²) in [5, 5.41) is 0. The third-order valence-corrected chi connectivity index (χ3v) is 3.33. The van der Waals surface area contributed by atoms with E-state index in [0.717, 1.165) is 25.3 Å². The van der Waals surface area contributed by atoms with E-state index in [4.69, 9.17) is 4.74 Å². The van der Waals surface area contributed by atoms with Crippen molar-refractivity contribution in [2.24, 2.45) is 0 Å². The van der Waals surface area contributed by atoms with Crippen LogP contribution in [0.1, 0.15) is 17.3 Å². The molecule has 2 rings (SSSR count). The minimum absolute atomic E-state index is 0.122. The summed E-state index contributed by atoms with van der Waals surface area (Å²) < 4.78 is 4.70. The van der Waals surface area contributed by atoms with Gasteiger partial charge in [0.15, 0.2) is 0 Å². The first-order valence-corrected chi connectivity index (χ1v) is 6.36. The lowest BCUT2D eigenvalue weighted by molar-refractivity contribution is -0.130. The number of carbonyl (C=O) groups is 2. The van der Waals surface area contributed by atoms with Gasteiger partial charge in [-0.25, -0.2) is 4.79 Å². The molecule has 1 aromatic carbocycles. The molecule has 0 N–H and O–H groups in total. The van der Waals surface area contributed by atoms with Gasteiger partial charge in [-0.1, -0.05) is 6.07 Å². The van der Waals surface area contributed by atoms with Gasteiger partial charge in [0.25, 0.3) is 0 Å². The predicted octanol–water partition coefficient (Wildman–Crippen LogP) is 1.14. The van der Waals surface area contributed by atoms with Crippen LogP contribution in [0.25, 0.3) is 0 Å². The van der Waals surface area contributed by atoms with Crippen molar-refractivity contribution in [2.45, 2.75) is 6.92 Å². The third-order valence-electron chi connectivity index (χ3n) is 3.33. The summed E-state index contributed by atoms with van der Waals surface area (Å²) in [6.07, 6.45) is 0. The van der Waals surface area contributed by atoms with E-state index in [1.54, 1.807) is 18.2 Å². The number of anilines is 1.